The SMILES string of the molecule is CCc1ccc(C2C(S(=O)(=O)c3ccccc3)=C(O)C(=O)N2Cc2ccc(Cl)cc2)cc1. The first-order valence-electron chi connectivity index (χ1n) is 10.2. The van der Waals surface area contributed by atoms with Crippen molar-refractivity contribution >= 4 is 27.3 Å². The zero-order chi connectivity index (χ0) is 22.9. The van der Waals surface area contributed by atoms with E-state index in [1.54, 1.807) is 42.5 Å². The number of hydrogen-bond donors (Lipinski definition) is 1. The van der Waals surface area contributed by atoms with Crippen molar-refractivity contribution in [2.75, 3.05) is 0 Å². The van der Waals surface area contributed by atoms with Crippen molar-refractivity contribution in [1.29, 1.82) is 0 Å². The number of hydrogen-bond acceptors (Lipinski definition) is 4. The number of nitrogens with zero attached hydrogens (tertiary/aromatic N) is 1. The first kappa shape index (κ1) is 22.1. The number of benzene rings is 3. The van der Waals surface area contributed by atoms with Crippen LogP contribution in [0.25, 0.3) is 0 Å². The molecule has 1 aliphatic rings. The standard InChI is InChI=1S/C25H22ClNO4S/c1-2-17-8-12-19(13-9-17)22-24(32(30,31)21-6-4-3-5-7-21)23(28)25(29)27(22)16-18-10-14-20(26)15-11-18/h3-15,22,28H,2,16H2,1H3. The maximum atomic E-state index is 13.5. The fourth-order valence-corrected chi connectivity index (χ4v) is 5.64. The summed E-state index contributed by atoms with van der Waals surface area (Å²) in [6, 6.07) is 21.3. The molecule has 1 unspecified atom stereocenters. The normalized spacial score (nSPS) is 16.6. The van der Waals surface area contributed by atoms with E-state index >= 15 is 0 Å². The topological polar surface area (TPSA) is 74.7 Å². The molecule has 0 aromatic heterocycles. The highest BCUT2D eigenvalue weighted by molar-refractivity contribution is 7.95. The summed E-state index contributed by atoms with van der Waals surface area (Å²) in [5.74, 6) is -1.47. The van der Waals surface area contributed by atoms with E-state index in [1.165, 1.54) is 17.0 Å². The molecule has 164 valence electrons. The summed E-state index contributed by atoms with van der Waals surface area (Å²) in [4.78, 5) is 14.2. The average Bonchev–Trinajstić information content (AvgIpc) is 3.06. The zero-order valence-electron chi connectivity index (χ0n) is 17.4. The van der Waals surface area contributed by atoms with Crippen LogP contribution in [0, 0.1) is 0 Å². The molecule has 0 spiro atoms. The number of carbonyl (C=O) groups is 1. The molecular weight excluding hydrogens is 446 g/mol. The summed E-state index contributed by atoms with van der Waals surface area (Å²) in [6.07, 6.45) is 0.828. The van der Waals surface area contributed by atoms with Gasteiger partial charge in [-0.3, -0.25) is 4.79 Å². The van der Waals surface area contributed by atoms with Gasteiger partial charge in [-0.1, -0.05) is 73.1 Å². The molecule has 1 atom stereocenters. The van der Waals surface area contributed by atoms with E-state index in [0.29, 0.717) is 10.6 Å². The summed E-state index contributed by atoms with van der Waals surface area (Å²) >= 11 is 5.98. The Balaban J connectivity index is 1.84. The lowest BCUT2D eigenvalue weighted by Crippen LogP contribution is -2.30. The lowest BCUT2D eigenvalue weighted by atomic mass is 10.0. The maximum absolute atomic E-state index is 13.5. The zero-order valence-corrected chi connectivity index (χ0v) is 19.0. The molecule has 0 saturated heterocycles. The molecule has 0 radical (unpaired) electrons. The van der Waals surface area contributed by atoms with E-state index in [4.69, 9.17) is 11.6 Å². The molecule has 3 aromatic carbocycles. The summed E-state index contributed by atoms with van der Waals surface area (Å²) in [5, 5.41) is 11.3. The monoisotopic (exact) mass is 467 g/mol. The molecule has 1 N–H and O–H groups in total. The number of rotatable bonds is 6. The lowest BCUT2D eigenvalue weighted by Gasteiger charge is -2.27. The molecule has 4 rings (SSSR count). The number of amides is 1. The van der Waals surface area contributed by atoms with Gasteiger partial charge >= 0.3 is 0 Å². The largest absolute Gasteiger partial charge is 0.502 e. The number of carbonyl (C=O) groups excluding carboxylic acids is 1. The fourth-order valence-electron chi connectivity index (χ4n) is 3.85. The Morgan fingerprint density at radius 1 is 0.906 bits per heavy atom. The van der Waals surface area contributed by atoms with Gasteiger partial charge in [-0.2, -0.15) is 0 Å². The third kappa shape index (κ3) is 4.04. The van der Waals surface area contributed by atoms with E-state index < -0.39 is 27.5 Å². The average molecular weight is 468 g/mol. The van der Waals surface area contributed by atoms with Gasteiger partial charge in [0.25, 0.3) is 5.91 Å². The van der Waals surface area contributed by atoms with Crippen LogP contribution in [0.3, 0.4) is 0 Å². The molecule has 0 aliphatic carbocycles. The molecule has 1 heterocycles. The molecule has 5 nitrogen and oxygen atoms in total. The van der Waals surface area contributed by atoms with Crippen LogP contribution < -0.4 is 0 Å². The van der Waals surface area contributed by atoms with Gasteiger partial charge in [0, 0.05) is 11.6 Å². The van der Waals surface area contributed by atoms with Crippen LogP contribution in [-0.4, -0.2) is 24.3 Å². The molecule has 0 bridgehead atoms. The summed E-state index contributed by atoms with van der Waals surface area (Å²) in [5.41, 5.74) is 2.47. The molecule has 32 heavy (non-hydrogen) atoms. The quantitative estimate of drug-likeness (QED) is 0.538. The fraction of sp³-hybridized carbons (Fsp3) is 0.160. The smallest absolute Gasteiger partial charge is 0.290 e. The summed E-state index contributed by atoms with van der Waals surface area (Å²) in [6.45, 7) is 2.14. The number of aryl methyl sites for hydroxylation is 1. The minimum absolute atomic E-state index is 0.0258. The molecule has 1 aliphatic heterocycles. The van der Waals surface area contributed by atoms with Crippen molar-refractivity contribution in [3.05, 3.63) is 111 Å². The number of aliphatic hydroxyl groups excluding tert-OH is 1. The summed E-state index contributed by atoms with van der Waals surface area (Å²) < 4.78 is 27.1. The van der Waals surface area contributed by atoms with Crippen LogP contribution in [0.1, 0.15) is 29.7 Å². The molecule has 1 amide bonds. The van der Waals surface area contributed by atoms with E-state index in [0.717, 1.165) is 17.5 Å². The van der Waals surface area contributed by atoms with Gasteiger partial charge in [-0.05, 0) is 47.4 Å². The van der Waals surface area contributed by atoms with Crippen LogP contribution in [0.4, 0.5) is 0 Å². The highest BCUT2D eigenvalue weighted by Gasteiger charge is 2.46. The van der Waals surface area contributed by atoms with Gasteiger partial charge in [0.15, 0.2) is 5.76 Å². The second-order valence-corrected chi connectivity index (χ2v) is 9.94. The Morgan fingerprint density at radius 3 is 2.09 bits per heavy atom. The number of halogens is 1. The van der Waals surface area contributed by atoms with Crippen molar-refractivity contribution in [3.8, 4) is 0 Å². The highest BCUT2D eigenvalue weighted by Crippen LogP contribution is 2.43. The van der Waals surface area contributed by atoms with Gasteiger partial charge in [0.2, 0.25) is 9.84 Å². The van der Waals surface area contributed by atoms with Crippen LogP contribution in [0.2, 0.25) is 5.02 Å². The Labute approximate surface area is 192 Å². The Kier molecular flexibility index (Phi) is 6.09. The molecule has 0 fully saturated rings. The lowest BCUT2D eigenvalue weighted by molar-refractivity contribution is -0.130. The van der Waals surface area contributed by atoms with Crippen molar-refractivity contribution in [1.82, 2.24) is 4.90 Å². The van der Waals surface area contributed by atoms with E-state index in [9.17, 15) is 18.3 Å². The third-order valence-electron chi connectivity index (χ3n) is 5.57. The van der Waals surface area contributed by atoms with Crippen LogP contribution in [0.5, 0.6) is 0 Å². The molecule has 3 aromatic rings. The van der Waals surface area contributed by atoms with Gasteiger partial charge < -0.3 is 10.0 Å². The second-order valence-electron chi connectivity index (χ2n) is 7.59. The minimum Gasteiger partial charge on any atom is -0.502 e. The second kappa shape index (κ2) is 8.81. The maximum Gasteiger partial charge on any atom is 0.290 e. The van der Waals surface area contributed by atoms with E-state index in [-0.39, 0.29) is 16.3 Å². The van der Waals surface area contributed by atoms with Crippen LogP contribution in [0.15, 0.2) is 94.4 Å². The van der Waals surface area contributed by atoms with Gasteiger partial charge in [-0.15, -0.1) is 0 Å². The molecule has 0 saturated carbocycles. The van der Waals surface area contributed by atoms with Gasteiger partial charge in [0.05, 0.1) is 10.9 Å². The first-order valence-corrected chi connectivity index (χ1v) is 12.1. The molecule has 7 heteroatoms. The van der Waals surface area contributed by atoms with E-state index in [2.05, 4.69) is 0 Å². The number of aliphatic hydroxyl groups is 1. The minimum atomic E-state index is -4.12. The summed E-state index contributed by atoms with van der Waals surface area (Å²) in [7, 11) is -4.12. The van der Waals surface area contributed by atoms with Crippen LogP contribution in [-0.2, 0) is 27.6 Å². The van der Waals surface area contributed by atoms with Crippen LogP contribution >= 0.6 is 11.6 Å². The van der Waals surface area contributed by atoms with Crippen molar-refractivity contribution < 1.29 is 18.3 Å². The van der Waals surface area contributed by atoms with Crippen molar-refractivity contribution in [3.63, 3.8) is 0 Å². The van der Waals surface area contributed by atoms with Gasteiger partial charge in [0.1, 0.15) is 4.91 Å². The van der Waals surface area contributed by atoms with E-state index in [1.807, 2.05) is 31.2 Å². The van der Waals surface area contributed by atoms with Gasteiger partial charge in [-0.25, -0.2) is 8.42 Å². The predicted octanol–water partition coefficient (Wildman–Crippen LogP) is 5.23. The first-order chi connectivity index (χ1) is 15.3. The van der Waals surface area contributed by atoms with Crippen molar-refractivity contribution in [2.45, 2.75) is 30.8 Å². The predicted molar refractivity (Wildman–Crippen MR) is 124 cm³/mol. The Bertz CT molecular complexity index is 1270. The highest BCUT2D eigenvalue weighted by atomic mass is 35.5. The number of sulfone groups is 1. The third-order valence-corrected chi connectivity index (χ3v) is 7.71. The molecular formula is C25H22ClNO4S. The Morgan fingerprint density at radius 2 is 1.50 bits per heavy atom. The van der Waals surface area contributed by atoms with Crippen molar-refractivity contribution in [2.24, 2.45) is 0 Å². The Hall–Kier alpha value is -3.09.